The molecule has 23 heavy (non-hydrogen) atoms. The first-order valence-corrected chi connectivity index (χ1v) is 8.76. The second-order valence-electron chi connectivity index (χ2n) is 6.99. The number of β-amino-alcohol motifs (C(OH)–C–C–N with tert-alkyl or cyclic N) is 1. The summed E-state index contributed by atoms with van der Waals surface area (Å²) in [5.41, 5.74) is 0.359. The first-order valence-electron chi connectivity index (χ1n) is 8.76. The van der Waals surface area contributed by atoms with Crippen LogP contribution in [0.1, 0.15) is 37.7 Å². The van der Waals surface area contributed by atoms with E-state index < -0.39 is 5.60 Å². The summed E-state index contributed by atoms with van der Waals surface area (Å²) in [6, 6.07) is 3.90. The fraction of sp³-hybridized carbons (Fsp3) is 0.667. The van der Waals surface area contributed by atoms with Crippen LogP contribution in [0.4, 0.5) is 0 Å². The summed E-state index contributed by atoms with van der Waals surface area (Å²) < 4.78 is 0. The Hall–Kier alpha value is -1.46. The van der Waals surface area contributed by atoms with E-state index in [1.165, 1.54) is 12.8 Å². The fourth-order valence-corrected chi connectivity index (χ4v) is 3.77. The summed E-state index contributed by atoms with van der Waals surface area (Å²) in [6.07, 6.45) is 8.91. The lowest BCUT2D eigenvalue weighted by molar-refractivity contribution is -0.139. The second kappa shape index (κ2) is 7.41. The van der Waals surface area contributed by atoms with Crippen molar-refractivity contribution in [3.63, 3.8) is 0 Å². The van der Waals surface area contributed by atoms with Crippen molar-refractivity contribution >= 4 is 5.91 Å². The monoisotopic (exact) mass is 317 g/mol. The predicted octanol–water partition coefficient (Wildman–Crippen LogP) is 1.46. The lowest BCUT2D eigenvalue weighted by Gasteiger charge is -2.41. The van der Waals surface area contributed by atoms with Gasteiger partial charge < -0.3 is 14.9 Å². The minimum absolute atomic E-state index is 0.147. The van der Waals surface area contributed by atoms with Crippen LogP contribution in [0.3, 0.4) is 0 Å². The standard InChI is InChI=1S/C18H27N3O2/c22-17(7-6-16-5-3-9-19-13-16)21-12-4-8-18(23,15-21)14-20-10-1-2-11-20/h3,5,9,13,23H,1-2,4,6-8,10-12,14-15H2. The first-order chi connectivity index (χ1) is 11.1. The Kier molecular flexibility index (Phi) is 5.28. The summed E-state index contributed by atoms with van der Waals surface area (Å²) >= 11 is 0. The van der Waals surface area contributed by atoms with Gasteiger partial charge in [-0.05, 0) is 56.8 Å². The van der Waals surface area contributed by atoms with E-state index >= 15 is 0 Å². The molecule has 1 aromatic heterocycles. The fourth-order valence-electron chi connectivity index (χ4n) is 3.77. The summed E-state index contributed by atoms with van der Waals surface area (Å²) in [5.74, 6) is 0.147. The summed E-state index contributed by atoms with van der Waals surface area (Å²) in [7, 11) is 0. The largest absolute Gasteiger partial charge is 0.387 e. The number of aryl methyl sites for hydroxylation is 1. The molecule has 126 valence electrons. The summed E-state index contributed by atoms with van der Waals surface area (Å²) in [5, 5.41) is 10.9. The number of nitrogens with zero attached hydrogens (tertiary/aromatic N) is 3. The molecule has 0 aliphatic carbocycles. The molecule has 1 atom stereocenters. The van der Waals surface area contributed by atoms with E-state index in [1.807, 2.05) is 23.2 Å². The molecule has 2 aliphatic heterocycles. The first kappa shape index (κ1) is 16.4. The van der Waals surface area contributed by atoms with Crippen LogP contribution in [0, 0.1) is 0 Å². The number of pyridine rings is 1. The molecule has 1 unspecified atom stereocenters. The summed E-state index contributed by atoms with van der Waals surface area (Å²) in [6.45, 7) is 4.12. The number of piperidine rings is 1. The molecule has 2 fully saturated rings. The van der Waals surface area contributed by atoms with Crippen LogP contribution in [0.2, 0.25) is 0 Å². The number of rotatable bonds is 5. The SMILES string of the molecule is O=C(CCc1cccnc1)N1CCCC(O)(CN2CCCC2)C1. The Labute approximate surface area is 138 Å². The average Bonchev–Trinajstić information content (AvgIpc) is 3.06. The van der Waals surface area contributed by atoms with Gasteiger partial charge in [-0.1, -0.05) is 6.07 Å². The van der Waals surface area contributed by atoms with Gasteiger partial charge >= 0.3 is 0 Å². The van der Waals surface area contributed by atoms with Crippen LogP contribution in [-0.4, -0.2) is 64.1 Å². The van der Waals surface area contributed by atoms with Crippen molar-refractivity contribution in [1.82, 2.24) is 14.8 Å². The zero-order valence-corrected chi connectivity index (χ0v) is 13.8. The summed E-state index contributed by atoms with van der Waals surface area (Å²) in [4.78, 5) is 20.8. The highest BCUT2D eigenvalue weighted by atomic mass is 16.3. The van der Waals surface area contributed by atoms with Gasteiger partial charge in [0.1, 0.15) is 0 Å². The van der Waals surface area contributed by atoms with E-state index in [2.05, 4.69) is 9.88 Å². The molecule has 1 N–H and O–H groups in total. The molecule has 1 amide bonds. The molecule has 2 saturated heterocycles. The highest BCUT2D eigenvalue weighted by molar-refractivity contribution is 5.76. The highest BCUT2D eigenvalue weighted by Crippen LogP contribution is 2.24. The van der Waals surface area contributed by atoms with Gasteiger partial charge in [-0.15, -0.1) is 0 Å². The maximum atomic E-state index is 12.5. The Morgan fingerprint density at radius 1 is 1.26 bits per heavy atom. The molecular weight excluding hydrogens is 290 g/mol. The highest BCUT2D eigenvalue weighted by Gasteiger charge is 2.36. The average molecular weight is 317 g/mol. The Morgan fingerprint density at radius 3 is 2.83 bits per heavy atom. The normalized spacial score (nSPS) is 25.7. The van der Waals surface area contributed by atoms with Crippen LogP contribution in [0.15, 0.2) is 24.5 Å². The van der Waals surface area contributed by atoms with E-state index in [4.69, 9.17) is 0 Å². The van der Waals surface area contributed by atoms with E-state index in [1.54, 1.807) is 6.20 Å². The molecule has 3 rings (SSSR count). The number of aliphatic hydroxyl groups is 1. The van der Waals surface area contributed by atoms with Crippen LogP contribution in [-0.2, 0) is 11.2 Å². The van der Waals surface area contributed by atoms with Crippen molar-refractivity contribution in [1.29, 1.82) is 0 Å². The Morgan fingerprint density at radius 2 is 2.09 bits per heavy atom. The number of carbonyl (C=O) groups excluding carboxylic acids is 1. The van der Waals surface area contributed by atoms with Gasteiger partial charge in [-0.25, -0.2) is 0 Å². The molecule has 0 bridgehead atoms. The molecular formula is C18H27N3O2. The van der Waals surface area contributed by atoms with E-state index in [0.717, 1.165) is 38.0 Å². The van der Waals surface area contributed by atoms with E-state index in [0.29, 0.717) is 25.9 Å². The van der Waals surface area contributed by atoms with Crippen molar-refractivity contribution in [3.05, 3.63) is 30.1 Å². The third-order valence-electron chi connectivity index (χ3n) is 4.97. The van der Waals surface area contributed by atoms with Crippen molar-refractivity contribution in [2.45, 2.75) is 44.1 Å². The quantitative estimate of drug-likeness (QED) is 0.893. The maximum absolute atomic E-state index is 12.5. The molecule has 0 spiro atoms. The Bertz CT molecular complexity index is 516. The van der Waals surface area contributed by atoms with Crippen LogP contribution >= 0.6 is 0 Å². The number of hydrogen-bond donors (Lipinski definition) is 1. The van der Waals surface area contributed by atoms with Gasteiger partial charge in [-0.3, -0.25) is 9.78 Å². The molecule has 0 aromatic carbocycles. The minimum Gasteiger partial charge on any atom is -0.387 e. The maximum Gasteiger partial charge on any atom is 0.223 e. The van der Waals surface area contributed by atoms with Gasteiger partial charge in [0, 0.05) is 31.9 Å². The number of hydrogen-bond acceptors (Lipinski definition) is 4. The predicted molar refractivity (Wildman–Crippen MR) is 89.0 cm³/mol. The molecule has 2 aliphatic rings. The van der Waals surface area contributed by atoms with E-state index in [9.17, 15) is 9.90 Å². The minimum atomic E-state index is -0.730. The van der Waals surface area contributed by atoms with Gasteiger partial charge in [0.05, 0.1) is 12.1 Å². The molecule has 5 heteroatoms. The number of likely N-dealkylation sites (tertiary alicyclic amines) is 2. The van der Waals surface area contributed by atoms with Crippen LogP contribution in [0.25, 0.3) is 0 Å². The van der Waals surface area contributed by atoms with Crippen molar-refractivity contribution in [2.24, 2.45) is 0 Å². The topological polar surface area (TPSA) is 56.7 Å². The lowest BCUT2D eigenvalue weighted by Crippen LogP contribution is -2.55. The van der Waals surface area contributed by atoms with Crippen molar-refractivity contribution in [2.75, 3.05) is 32.7 Å². The number of carbonyl (C=O) groups is 1. The molecule has 3 heterocycles. The van der Waals surface area contributed by atoms with Crippen molar-refractivity contribution in [3.8, 4) is 0 Å². The third-order valence-corrected chi connectivity index (χ3v) is 4.97. The Balaban J connectivity index is 1.51. The molecule has 0 saturated carbocycles. The number of aromatic nitrogens is 1. The molecule has 5 nitrogen and oxygen atoms in total. The molecule has 0 radical (unpaired) electrons. The van der Waals surface area contributed by atoms with Gasteiger partial charge in [0.2, 0.25) is 5.91 Å². The molecule has 1 aromatic rings. The lowest BCUT2D eigenvalue weighted by atomic mass is 9.92. The van der Waals surface area contributed by atoms with Crippen molar-refractivity contribution < 1.29 is 9.90 Å². The van der Waals surface area contributed by atoms with Gasteiger partial charge in [-0.2, -0.15) is 0 Å². The number of amides is 1. The zero-order valence-electron chi connectivity index (χ0n) is 13.8. The smallest absolute Gasteiger partial charge is 0.223 e. The third kappa shape index (κ3) is 4.52. The van der Waals surface area contributed by atoms with Crippen LogP contribution in [0.5, 0.6) is 0 Å². The van der Waals surface area contributed by atoms with Gasteiger partial charge in [0.15, 0.2) is 0 Å². The zero-order chi connectivity index (χ0) is 16.1. The van der Waals surface area contributed by atoms with Gasteiger partial charge in [0.25, 0.3) is 0 Å². The van der Waals surface area contributed by atoms with E-state index in [-0.39, 0.29) is 5.91 Å². The van der Waals surface area contributed by atoms with Crippen LogP contribution < -0.4 is 0 Å². The second-order valence-corrected chi connectivity index (χ2v) is 6.99.